The van der Waals surface area contributed by atoms with Crippen molar-refractivity contribution >= 4 is 65.4 Å². The van der Waals surface area contributed by atoms with E-state index in [2.05, 4.69) is 255 Å². The number of fused-ring (bicyclic) bond motifs is 9. The predicted molar refractivity (Wildman–Crippen MR) is 294 cm³/mol. The fraction of sp³-hybridized carbons (Fsp3) is 0.0909. The summed E-state index contributed by atoms with van der Waals surface area (Å²) in [6.07, 6.45) is 0. The summed E-state index contributed by atoms with van der Waals surface area (Å²) < 4.78 is 7.24. The van der Waals surface area contributed by atoms with Crippen molar-refractivity contribution in [3.05, 3.63) is 234 Å². The molecule has 0 aliphatic heterocycles. The van der Waals surface area contributed by atoms with Crippen LogP contribution in [-0.2, 0) is 0 Å². The molecular formula is C66H51N3. The van der Waals surface area contributed by atoms with E-state index in [1.807, 2.05) is 0 Å². The maximum absolute atomic E-state index is 2.41. The van der Waals surface area contributed by atoms with E-state index in [0.717, 1.165) is 17.1 Å². The van der Waals surface area contributed by atoms with E-state index in [9.17, 15) is 0 Å². The molecule has 13 rings (SSSR count). The number of rotatable bonds is 6. The second kappa shape index (κ2) is 15.6. The van der Waals surface area contributed by atoms with Gasteiger partial charge in [-0.2, -0.15) is 0 Å². The minimum Gasteiger partial charge on any atom is -0.309 e. The Hall–Kier alpha value is -8.40. The lowest BCUT2D eigenvalue weighted by Gasteiger charge is -2.14. The minimum atomic E-state index is 1.15. The topological polar surface area (TPSA) is 14.8 Å². The lowest BCUT2D eigenvalue weighted by Crippen LogP contribution is -1.95. The highest BCUT2D eigenvalue weighted by atomic mass is 15.0. The van der Waals surface area contributed by atoms with Crippen LogP contribution < -0.4 is 0 Å². The third kappa shape index (κ3) is 6.72. The molecular weight excluding hydrogens is 835 g/mol. The summed E-state index contributed by atoms with van der Waals surface area (Å²) in [5.74, 6) is 0. The van der Waals surface area contributed by atoms with Crippen LogP contribution in [0, 0.1) is 41.5 Å². The van der Waals surface area contributed by atoms with Crippen LogP contribution in [0.2, 0.25) is 0 Å². The summed E-state index contributed by atoms with van der Waals surface area (Å²) >= 11 is 0. The molecule has 0 radical (unpaired) electrons. The predicted octanol–water partition coefficient (Wildman–Crippen LogP) is 17.8. The maximum Gasteiger partial charge on any atom is 0.0541 e. The first-order chi connectivity index (χ1) is 33.6. The molecule has 0 saturated heterocycles. The fourth-order valence-corrected chi connectivity index (χ4v) is 11.1. The molecule has 330 valence electrons. The molecule has 13 aromatic rings. The second-order valence-electron chi connectivity index (χ2n) is 19.6. The van der Waals surface area contributed by atoms with Gasteiger partial charge in [0, 0.05) is 49.4 Å². The Balaban J connectivity index is 0.936. The third-order valence-corrected chi connectivity index (χ3v) is 14.5. The van der Waals surface area contributed by atoms with Crippen LogP contribution >= 0.6 is 0 Å². The molecule has 0 bridgehead atoms. The maximum atomic E-state index is 2.41. The molecule has 69 heavy (non-hydrogen) atoms. The second-order valence-corrected chi connectivity index (χ2v) is 19.6. The minimum absolute atomic E-state index is 1.15. The number of hydrogen-bond donors (Lipinski definition) is 0. The van der Waals surface area contributed by atoms with Crippen molar-refractivity contribution in [2.24, 2.45) is 0 Å². The van der Waals surface area contributed by atoms with Gasteiger partial charge in [0.15, 0.2) is 0 Å². The number of aromatic nitrogens is 3. The Labute approximate surface area is 402 Å². The summed E-state index contributed by atoms with van der Waals surface area (Å²) in [5, 5.41) is 7.74. The van der Waals surface area contributed by atoms with Gasteiger partial charge in [-0.05, 0) is 202 Å². The largest absolute Gasteiger partial charge is 0.309 e. The van der Waals surface area contributed by atoms with Crippen LogP contribution in [0.25, 0.3) is 116 Å². The van der Waals surface area contributed by atoms with Gasteiger partial charge in [-0.3, -0.25) is 0 Å². The lowest BCUT2D eigenvalue weighted by molar-refractivity contribution is 1.18. The van der Waals surface area contributed by atoms with E-state index >= 15 is 0 Å². The molecule has 0 fully saturated rings. The SMILES string of the molecule is Cc1ccc2c(c1)c1cc(C)ccc1n2-c1ccc(-c2cc(-c3ccc(-n4c5ccc(C)cc5c5cc(C)ccc54)cc3)cc(-c3ccc(-n4c5ccc(C)cc5c5cc(C)ccc54)cc3)c2)cc1. The summed E-state index contributed by atoms with van der Waals surface area (Å²) in [5.41, 5.74) is 25.5. The Morgan fingerprint density at radius 3 is 0.565 bits per heavy atom. The molecule has 0 unspecified atom stereocenters. The van der Waals surface area contributed by atoms with E-state index in [-0.39, 0.29) is 0 Å². The molecule has 3 heteroatoms. The standard InChI is InChI=1S/C66H51N3/c1-40-7-25-61-55(31-40)56-32-41(2)8-26-62(56)67(61)52-19-13-46(14-20-52)49-37-50(47-15-21-53(22-16-47)68-63-27-9-42(3)33-57(63)58-34-43(4)10-28-64(58)68)39-51(38-49)48-17-23-54(24-18-48)69-65-29-11-44(5)35-59(65)60-36-45(6)12-30-66(60)69/h7-39H,1-6H3. The highest BCUT2D eigenvalue weighted by Crippen LogP contribution is 2.40. The Morgan fingerprint density at radius 1 is 0.188 bits per heavy atom. The van der Waals surface area contributed by atoms with Crippen LogP contribution in [0.15, 0.2) is 200 Å². The zero-order valence-corrected chi connectivity index (χ0v) is 39.9. The molecule has 0 aliphatic rings. The number of nitrogens with zero attached hydrogens (tertiary/aromatic N) is 3. The van der Waals surface area contributed by atoms with Crippen molar-refractivity contribution in [1.82, 2.24) is 13.7 Å². The van der Waals surface area contributed by atoms with E-state index in [1.165, 1.54) is 132 Å². The number of hydrogen-bond acceptors (Lipinski definition) is 0. The molecule has 3 heterocycles. The molecule has 10 aromatic carbocycles. The first kappa shape index (κ1) is 40.8. The van der Waals surface area contributed by atoms with Crippen molar-refractivity contribution < 1.29 is 0 Å². The summed E-state index contributed by atoms with van der Waals surface area (Å²) in [7, 11) is 0. The molecule has 0 aliphatic carbocycles. The van der Waals surface area contributed by atoms with Crippen molar-refractivity contribution in [3.63, 3.8) is 0 Å². The first-order valence-electron chi connectivity index (χ1n) is 24.1. The third-order valence-electron chi connectivity index (χ3n) is 14.5. The van der Waals surface area contributed by atoms with Crippen molar-refractivity contribution in [3.8, 4) is 50.4 Å². The molecule has 0 N–H and O–H groups in total. The van der Waals surface area contributed by atoms with Gasteiger partial charge in [-0.25, -0.2) is 0 Å². The normalized spacial score (nSPS) is 11.9. The van der Waals surface area contributed by atoms with Gasteiger partial charge in [0.05, 0.1) is 33.1 Å². The molecule has 0 amide bonds. The Kier molecular flexibility index (Phi) is 9.22. The average Bonchev–Trinajstić information content (AvgIpc) is 3.97. The lowest BCUT2D eigenvalue weighted by atomic mass is 9.93. The van der Waals surface area contributed by atoms with Gasteiger partial charge >= 0.3 is 0 Å². The van der Waals surface area contributed by atoms with E-state index < -0.39 is 0 Å². The Morgan fingerprint density at radius 2 is 0.377 bits per heavy atom. The smallest absolute Gasteiger partial charge is 0.0541 e. The van der Waals surface area contributed by atoms with Gasteiger partial charge in [-0.1, -0.05) is 106 Å². The zero-order chi connectivity index (χ0) is 46.7. The molecule has 0 spiro atoms. The highest BCUT2D eigenvalue weighted by Gasteiger charge is 2.17. The van der Waals surface area contributed by atoms with E-state index in [4.69, 9.17) is 0 Å². The molecule has 0 saturated carbocycles. The monoisotopic (exact) mass is 885 g/mol. The summed E-state index contributed by atoms with van der Waals surface area (Å²) in [6.45, 7) is 13.1. The van der Waals surface area contributed by atoms with Crippen molar-refractivity contribution in [1.29, 1.82) is 0 Å². The first-order valence-corrected chi connectivity index (χ1v) is 24.1. The number of aryl methyl sites for hydroxylation is 6. The van der Waals surface area contributed by atoms with Gasteiger partial charge in [0.2, 0.25) is 0 Å². The van der Waals surface area contributed by atoms with Gasteiger partial charge in [-0.15, -0.1) is 0 Å². The van der Waals surface area contributed by atoms with Crippen molar-refractivity contribution in [2.45, 2.75) is 41.5 Å². The van der Waals surface area contributed by atoms with E-state index in [0.29, 0.717) is 0 Å². The van der Waals surface area contributed by atoms with Crippen LogP contribution in [0.5, 0.6) is 0 Å². The van der Waals surface area contributed by atoms with Crippen LogP contribution in [0.3, 0.4) is 0 Å². The van der Waals surface area contributed by atoms with E-state index in [1.54, 1.807) is 0 Å². The van der Waals surface area contributed by atoms with Crippen LogP contribution in [0.4, 0.5) is 0 Å². The highest BCUT2D eigenvalue weighted by molar-refractivity contribution is 6.12. The molecule has 3 aromatic heterocycles. The van der Waals surface area contributed by atoms with Crippen molar-refractivity contribution in [2.75, 3.05) is 0 Å². The number of benzene rings is 10. The van der Waals surface area contributed by atoms with Gasteiger partial charge < -0.3 is 13.7 Å². The quantitative estimate of drug-likeness (QED) is 0.158. The summed E-state index contributed by atoms with van der Waals surface area (Å²) in [4.78, 5) is 0. The fourth-order valence-electron chi connectivity index (χ4n) is 11.1. The average molecular weight is 886 g/mol. The van der Waals surface area contributed by atoms with Gasteiger partial charge in [0.1, 0.15) is 0 Å². The van der Waals surface area contributed by atoms with Crippen LogP contribution in [-0.4, -0.2) is 13.7 Å². The van der Waals surface area contributed by atoms with Gasteiger partial charge in [0.25, 0.3) is 0 Å². The Bertz CT molecular complexity index is 3580. The summed E-state index contributed by atoms with van der Waals surface area (Å²) in [6, 6.07) is 75.5. The zero-order valence-electron chi connectivity index (χ0n) is 39.9. The molecule has 0 atom stereocenters. The van der Waals surface area contributed by atoms with Crippen LogP contribution in [0.1, 0.15) is 33.4 Å². The molecule has 3 nitrogen and oxygen atoms in total.